The van der Waals surface area contributed by atoms with Gasteiger partial charge in [-0.15, -0.1) is 0 Å². The monoisotopic (exact) mass is 389 g/mol. The van der Waals surface area contributed by atoms with Gasteiger partial charge in [0.25, 0.3) is 0 Å². The van der Waals surface area contributed by atoms with Gasteiger partial charge in [-0.25, -0.2) is 8.78 Å². The summed E-state index contributed by atoms with van der Waals surface area (Å²) < 4.78 is 26.0. The Morgan fingerprint density at radius 3 is 2.33 bits per heavy atom. The van der Waals surface area contributed by atoms with Crippen molar-refractivity contribution < 1.29 is 39.1 Å². The number of fused-ring (bicyclic) bond motifs is 1. The Morgan fingerprint density at radius 2 is 1.67 bits per heavy atom. The zero-order chi connectivity index (χ0) is 10.3. The van der Waals surface area contributed by atoms with Crippen molar-refractivity contribution in [2.45, 2.75) is 0 Å². The van der Waals surface area contributed by atoms with Crippen molar-refractivity contribution in [3.05, 3.63) is 35.9 Å². The van der Waals surface area contributed by atoms with Crippen LogP contribution < -0.4 is 0 Å². The molecule has 15 heavy (non-hydrogen) atoms. The van der Waals surface area contributed by atoms with Gasteiger partial charge in [0.05, 0.1) is 5.39 Å². The van der Waals surface area contributed by atoms with Crippen molar-refractivity contribution in [1.82, 2.24) is 0 Å². The van der Waals surface area contributed by atoms with Crippen LogP contribution in [-0.2, 0) is 20.1 Å². The molecule has 0 aliphatic heterocycles. The van der Waals surface area contributed by atoms with E-state index in [9.17, 15) is 13.9 Å². The fraction of sp³-hybridized carbons (Fsp3) is 0. The van der Waals surface area contributed by atoms with E-state index in [-0.39, 0.29) is 36.6 Å². The number of rotatable bonds is 0. The molecule has 0 fully saturated rings. The molecule has 1 radical (unpaired) electrons. The smallest absolute Gasteiger partial charge is 0.170 e. The fourth-order valence-electron chi connectivity index (χ4n) is 1.36. The number of halogens is 2. The van der Waals surface area contributed by atoms with Gasteiger partial charge < -0.3 is 10.2 Å². The van der Waals surface area contributed by atoms with E-state index in [0.29, 0.717) is 0 Å². The minimum absolute atomic E-state index is 0. The molecule has 2 N–H and O–H groups in total. The largest absolute Gasteiger partial charge is 0.508 e. The Kier molecular flexibility index (Phi) is 3.27. The van der Waals surface area contributed by atoms with Gasteiger partial charge in [0.15, 0.2) is 11.6 Å². The molecule has 2 aromatic carbocycles. The predicted octanol–water partition coefficient (Wildman–Crippen LogP) is 2.53. The summed E-state index contributed by atoms with van der Waals surface area (Å²) in [6, 6.07) is 4.44. The van der Waals surface area contributed by atoms with Crippen molar-refractivity contribution in [3.8, 4) is 11.5 Å². The second-order valence-electron chi connectivity index (χ2n) is 2.92. The maximum Gasteiger partial charge on any atom is 0.170 e. The van der Waals surface area contributed by atoms with Crippen molar-refractivity contribution >= 4 is 10.8 Å². The molecule has 0 saturated carbocycles. The van der Waals surface area contributed by atoms with Gasteiger partial charge >= 0.3 is 0 Å². The molecule has 2 rings (SSSR count). The molecule has 0 heterocycles. The van der Waals surface area contributed by atoms with Crippen molar-refractivity contribution in [3.63, 3.8) is 0 Å². The van der Waals surface area contributed by atoms with E-state index in [1.807, 2.05) is 0 Å². The molecule has 0 saturated heterocycles. The van der Waals surface area contributed by atoms with E-state index < -0.39 is 17.4 Å². The van der Waals surface area contributed by atoms with Gasteiger partial charge in [-0.3, -0.25) is 0 Å². The first-order valence-electron chi connectivity index (χ1n) is 3.89. The summed E-state index contributed by atoms with van der Waals surface area (Å²) in [4.78, 5) is 0. The number of hydrogen-bond donors (Lipinski definition) is 2. The molecule has 2 aromatic rings. The van der Waals surface area contributed by atoms with Crippen LogP contribution in [0.5, 0.6) is 11.5 Å². The van der Waals surface area contributed by atoms with Crippen LogP contribution >= 0.6 is 0 Å². The molecule has 0 unspecified atom stereocenters. The van der Waals surface area contributed by atoms with E-state index in [2.05, 4.69) is 0 Å². The van der Waals surface area contributed by atoms with E-state index in [1.165, 1.54) is 12.1 Å². The maximum absolute atomic E-state index is 13.2. The van der Waals surface area contributed by atoms with Crippen molar-refractivity contribution in [1.29, 1.82) is 0 Å². The van der Waals surface area contributed by atoms with Gasteiger partial charge in [-0.1, -0.05) is 6.07 Å². The first-order chi connectivity index (χ1) is 6.59. The molecule has 0 spiro atoms. The van der Waals surface area contributed by atoms with E-state index in [1.54, 1.807) is 0 Å². The minimum Gasteiger partial charge on any atom is -0.508 e. The zero-order valence-corrected chi connectivity index (χ0v) is 9.69. The zero-order valence-electron chi connectivity index (χ0n) is 7.29. The van der Waals surface area contributed by atoms with Gasteiger partial charge in [-0.2, -0.15) is 0 Å². The van der Waals surface area contributed by atoms with Crippen LogP contribution in [0.4, 0.5) is 8.78 Å². The Morgan fingerprint density at radius 1 is 1.00 bits per heavy atom. The van der Waals surface area contributed by atoms with Crippen LogP contribution in [0.3, 0.4) is 0 Å². The number of phenolic OH excluding ortho intramolecular Hbond substituents is 2. The Hall–Kier alpha value is -1.19. The summed E-state index contributed by atoms with van der Waals surface area (Å²) in [5, 5.41) is 18.4. The fourth-order valence-corrected chi connectivity index (χ4v) is 1.36. The van der Waals surface area contributed by atoms with Crippen LogP contribution in [0.1, 0.15) is 0 Å². The number of benzene rings is 2. The molecule has 0 amide bonds. The third-order valence-corrected chi connectivity index (χ3v) is 1.97. The second kappa shape index (κ2) is 4.13. The Balaban J connectivity index is 0.00000112. The summed E-state index contributed by atoms with van der Waals surface area (Å²) in [5.41, 5.74) is 0. The van der Waals surface area contributed by atoms with Crippen molar-refractivity contribution in [2.24, 2.45) is 0 Å². The number of phenols is 2. The van der Waals surface area contributed by atoms with Gasteiger partial charge in [0, 0.05) is 26.2 Å². The third kappa shape index (κ3) is 1.94. The molecule has 81 valence electrons. The third-order valence-electron chi connectivity index (χ3n) is 1.97. The summed E-state index contributed by atoms with van der Waals surface area (Å²) in [6.07, 6.45) is 0. The van der Waals surface area contributed by atoms with Gasteiger partial charge in [0.1, 0.15) is 11.5 Å². The summed E-state index contributed by atoms with van der Waals surface area (Å²) in [6.45, 7) is 0. The second-order valence-corrected chi connectivity index (χ2v) is 2.92. The normalized spacial score (nSPS) is 10.0. The summed E-state index contributed by atoms with van der Waals surface area (Å²) >= 11 is 0. The molecule has 0 aliphatic rings. The average molecular weight is 388 g/mol. The topological polar surface area (TPSA) is 40.5 Å². The Labute approximate surface area is 97.5 Å². The molecular weight excluding hydrogens is 382 g/mol. The van der Waals surface area contributed by atoms with Gasteiger partial charge in [0.2, 0.25) is 0 Å². The molecule has 0 atom stereocenters. The van der Waals surface area contributed by atoms with Crippen molar-refractivity contribution in [2.75, 3.05) is 0 Å². The summed E-state index contributed by atoms with van der Waals surface area (Å²) in [7, 11) is 0. The minimum atomic E-state index is -1.11. The van der Waals surface area contributed by atoms with E-state index >= 15 is 0 Å². The molecule has 2 nitrogen and oxygen atoms in total. The molecule has 0 aliphatic carbocycles. The number of aromatic hydroxyl groups is 2. The van der Waals surface area contributed by atoms with E-state index in [4.69, 9.17) is 5.11 Å². The first kappa shape index (κ1) is 11.9. The molecule has 5 heteroatoms. The molecular formula is C10H6F2IrO2. The van der Waals surface area contributed by atoms with Crippen LogP contribution in [0, 0.1) is 11.6 Å². The van der Waals surface area contributed by atoms with Gasteiger partial charge in [-0.05, 0) is 17.5 Å². The van der Waals surface area contributed by atoms with Crippen LogP contribution in [0.15, 0.2) is 24.3 Å². The standard InChI is InChI=1S/C10H6F2O2.Ir/c11-7-2-1-5-3-6(13)4-8(14)9(5)10(7)12;/h1-4,13-14H;. The Bertz CT molecular complexity index is 514. The van der Waals surface area contributed by atoms with Crippen LogP contribution in [0.2, 0.25) is 0 Å². The predicted molar refractivity (Wildman–Crippen MR) is 47.2 cm³/mol. The number of hydrogen-bond acceptors (Lipinski definition) is 2. The van der Waals surface area contributed by atoms with Crippen LogP contribution in [0.25, 0.3) is 10.8 Å². The van der Waals surface area contributed by atoms with E-state index in [0.717, 1.165) is 12.1 Å². The average Bonchev–Trinajstić information content (AvgIpc) is 2.10. The quantitative estimate of drug-likeness (QED) is 0.728. The van der Waals surface area contributed by atoms with Crippen LogP contribution in [-0.4, -0.2) is 10.2 Å². The molecule has 0 aromatic heterocycles. The molecule has 0 bridgehead atoms. The first-order valence-corrected chi connectivity index (χ1v) is 3.89. The maximum atomic E-state index is 13.2. The SMILES string of the molecule is Oc1cc(O)c2c(F)c(F)ccc2c1.[Ir]. The summed E-state index contributed by atoms with van der Waals surface area (Å²) in [5.74, 6) is -2.81.